The summed E-state index contributed by atoms with van der Waals surface area (Å²) in [6.07, 6.45) is 2.18. The van der Waals surface area contributed by atoms with Gasteiger partial charge < -0.3 is 9.32 Å². The van der Waals surface area contributed by atoms with E-state index in [1.165, 1.54) is 6.26 Å². The molecule has 2 aromatic rings. The van der Waals surface area contributed by atoms with E-state index in [0.717, 1.165) is 38.2 Å². The molecule has 6 heteroatoms. The van der Waals surface area contributed by atoms with Gasteiger partial charge in [0, 0.05) is 44.4 Å². The Hall–Kier alpha value is -1.95. The fourth-order valence-corrected chi connectivity index (χ4v) is 3.37. The van der Waals surface area contributed by atoms with Crippen molar-refractivity contribution in [3.8, 4) is 0 Å². The summed E-state index contributed by atoms with van der Waals surface area (Å²) in [5.41, 5.74) is 0.253. The number of furan rings is 1. The molecule has 2 bridgehead atoms. The maximum atomic E-state index is 14.0. The van der Waals surface area contributed by atoms with Crippen molar-refractivity contribution in [3.05, 3.63) is 35.6 Å². The number of halogens is 2. The van der Waals surface area contributed by atoms with Crippen LogP contribution in [0.1, 0.15) is 16.8 Å². The highest BCUT2D eigenvalue weighted by molar-refractivity contribution is 6.06. The third kappa shape index (κ3) is 1.93. The highest BCUT2D eigenvalue weighted by Gasteiger charge is 2.36. The molecule has 2 unspecified atom stereocenters. The summed E-state index contributed by atoms with van der Waals surface area (Å²) in [5.74, 6) is -1.70. The Balaban J connectivity index is 1.74. The molecule has 0 spiro atoms. The summed E-state index contributed by atoms with van der Waals surface area (Å²) in [5, 5.41) is 0.0711. The van der Waals surface area contributed by atoms with Crippen LogP contribution in [0.4, 0.5) is 8.78 Å². The van der Waals surface area contributed by atoms with Gasteiger partial charge in [0.1, 0.15) is 23.5 Å². The Bertz CT molecular complexity index is 728. The van der Waals surface area contributed by atoms with E-state index in [0.29, 0.717) is 6.54 Å². The first-order valence-corrected chi connectivity index (χ1v) is 7.03. The number of piperazine rings is 1. The van der Waals surface area contributed by atoms with Gasteiger partial charge in [0.25, 0.3) is 5.91 Å². The summed E-state index contributed by atoms with van der Waals surface area (Å²) in [7, 11) is 0. The zero-order valence-corrected chi connectivity index (χ0v) is 11.3. The summed E-state index contributed by atoms with van der Waals surface area (Å²) in [4.78, 5) is 16.8. The van der Waals surface area contributed by atoms with Crippen LogP contribution in [-0.2, 0) is 0 Å². The Morgan fingerprint density at radius 3 is 2.95 bits per heavy atom. The number of carbonyl (C=O) groups excluding carboxylic acids is 1. The van der Waals surface area contributed by atoms with Gasteiger partial charge >= 0.3 is 0 Å². The van der Waals surface area contributed by atoms with E-state index in [2.05, 4.69) is 4.90 Å². The van der Waals surface area contributed by atoms with E-state index in [1.807, 2.05) is 0 Å². The number of nitrogens with zero attached hydrogens (tertiary/aromatic N) is 2. The molecule has 1 aromatic heterocycles. The maximum absolute atomic E-state index is 14.0. The lowest BCUT2D eigenvalue weighted by atomic mass is 10.1. The van der Waals surface area contributed by atoms with Crippen LogP contribution in [0.2, 0.25) is 0 Å². The Labute approximate surface area is 119 Å². The number of hydrogen-bond donors (Lipinski definition) is 0. The normalized spacial score (nSPS) is 24.8. The molecular formula is C15H14F2N2O2. The third-order valence-corrected chi connectivity index (χ3v) is 4.43. The summed E-state index contributed by atoms with van der Waals surface area (Å²) in [6, 6.07) is 2.06. The molecule has 2 aliphatic rings. The molecule has 1 aromatic carbocycles. The number of carbonyl (C=O) groups is 1. The lowest BCUT2D eigenvalue weighted by Crippen LogP contribution is -2.49. The van der Waals surface area contributed by atoms with Crippen LogP contribution in [0.25, 0.3) is 11.0 Å². The molecule has 0 saturated carbocycles. The van der Waals surface area contributed by atoms with Crippen LogP contribution >= 0.6 is 0 Å². The van der Waals surface area contributed by atoms with Gasteiger partial charge in [0.05, 0.1) is 10.9 Å². The second-order valence-corrected chi connectivity index (χ2v) is 5.65. The van der Waals surface area contributed by atoms with Gasteiger partial charge in [0.2, 0.25) is 0 Å². The van der Waals surface area contributed by atoms with Crippen molar-refractivity contribution < 1.29 is 18.0 Å². The predicted molar refractivity (Wildman–Crippen MR) is 72.0 cm³/mol. The minimum Gasteiger partial charge on any atom is -0.463 e. The quantitative estimate of drug-likeness (QED) is 0.809. The van der Waals surface area contributed by atoms with Crippen molar-refractivity contribution in [2.24, 2.45) is 0 Å². The van der Waals surface area contributed by atoms with Crippen molar-refractivity contribution in [1.29, 1.82) is 0 Å². The van der Waals surface area contributed by atoms with Gasteiger partial charge in [-0.25, -0.2) is 8.78 Å². The molecule has 1 amide bonds. The Morgan fingerprint density at radius 1 is 1.24 bits per heavy atom. The molecule has 4 nitrogen and oxygen atoms in total. The average Bonchev–Trinajstić information content (AvgIpc) is 3.03. The summed E-state index contributed by atoms with van der Waals surface area (Å²) < 4.78 is 32.3. The largest absolute Gasteiger partial charge is 0.463 e. The van der Waals surface area contributed by atoms with Crippen molar-refractivity contribution in [1.82, 2.24) is 9.80 Å². The standard InChI is InChI=1S/C15H14F2N2O2/c16-9-5-12(17)14-11(8-21-13(14)6-9)15(20)19-4-3-18-2-1-10(19)7-18/h5-6,8,10H,1-4,7H2. The molecule has 0 radical (unpaired) electrons. The first-order valence-electron chi connectivity index (χ1n) is 7.03. The van der Waals surface area contributed by atoms with Gasteiger partial charge in [-0.2, -0.15) is 0 Å². The lowest BCUT2D eigenvalue weighted by Gasteiger charge is -2.34. The molecule has 0 N–H and O–H groups in total. The van der Waals surface area contributed by atoms with E-state index in [4.69, 9.17) is 4.42 Å². The summed E-state index contributed by atoms with van der Waals surface area (Å²) >= 11 is 0. The van der Waals surface area contributed by atoms with Crippen LogP contribution in [0.5, 0.6) is 0 Å². The SMILES string of the molecule is O=C(c1coc2cc(F)cc(F)c12)N1CCN2CCC1C2. The zero-order chi connectivity index (χ0) is 14.6. The van der Waals surface area contributed by atoms with Crippen LogP contribution in [-0.4, -0.2) is 47.9 Å². The molecule has 21 heavy (non-hydrogen) atoms. The highest BCUT2D eigenvalue weighted by Crippen LogP contribution is 2.29. The van der Waals surface area contributed by atoms with Gasteiger partial charge in [-0.1, -0.05) is 0 Å². The van der Waals surface area contributed by atoms with Crippen molar-refractivity contribution >= 4 is 16.9 Å². The zero-order valence-electron chi connectivity index (χ0n) is 11.3. The second kappa shape index (κ2) is 4.53. The number of fused-ring (bicyclic) bond motifs is 3. The average molecular weight is 292 g/mol. The van der Waals surface area contributed by atoms with E-state index < -0.39 is 11.6 Å². The van der Waals surface area contributed by atoms with E-state index in [-0.39, 0.29) is 28.5 Å². The molecule has 4 rings (SSSR count). The van der Waals surface area contributed by atoms with E-state index in [1.54, 1.807) is 4.90 Å². The fraction of sp³-hybridized carbons (Fsp3) is 0.400. The molecular weight excluding hydrogens is 278 g/mol. The number of benzene rings is 1. The fourth-order valence-electron chi connectivity index (χ4n) is 3.37. The smallest absolute Gasteiger partial charge is 0.258 e. The van der Waals surface area contributed by atoms with Crippen LogP contribution in [0, 0.1) is 11.6 Å². The minimum absolute atomic E-state index is 0.0703. The molecule has 3 heterocycles. The maximum Gasteiger partial charge on any atom is 0.258 e. The lowest BCUT2D eigenvalue weighted by molar-refractivity contribution is 0.0610. The second-order valence-electron chi connectivity index (χ2n) is 5.65. The first kappa shape index (κ1) is 12.8. The number of rotatable bonds is 1. The molecule has 2 fully saturated rings. The van der Waals surface area contributed by atoms with E-state index >= 15 is 0 Å². The topological polar surface area (TPSA) is 36.7 Å². The number of hydrogen-bond acceptors (Lipinski definition) is 3. The van der Waals surface area contributed by atoms with Crippen LogP contribution in [0.15, 0.2) is 22.8 Å². The summed E-state index contributed by atoms with van der Waals surface area (Å²) in [6.45, 7) is 3.35. The Morgan fingerprint density at radius 2 is 2.10 bits per heavy atom. The predicted octanol–water partition coefficient (Wildman–Crippen LogP) is 2.24. The monoisotopic (exact) mass is 292 g/mol. The molecule has 2 saturated heterocycles. The molecule has 2 atom stereocenters. The Kier molecular flexibility index (Phi) is 2.75. The van der Waals surface area contributed by atoms with Crippen LogP contribution in [0.3, 0.4) is 0 Å². The number of amides is 1. The molecule has 2 aliphatic heterocycles. The van der Waals surface area contributed by atoms with Crippen molar-refractivity contribution in [3.63, 3.8) is 0 Å². The molecule has 110 valence electrons. The first-order chi connectivity index (χ1) is 10.1. The van der Waals surface area contributed by atoms with Crippen molar-refractivity contribution in [2.45, 2.75) is 12.5 Å². The third-order valence-electron chi connectivity index (χ3n) is 4.43. The highest BCUT2D eigenvalue weighted by atomic mass is 19.1. The van der Waals surface area contributed by atoms with Crippen LogP contribution < -0.4 is 0 Å². The molecule has 0 aliphatic carbocycles. The van der Waals surface area contributed by atoms with Gasteiger partial charge in [-0.05, 0) is 6.42 Å². The minimum atomic E-state index is -0.757. The van der Waals surface area contributed by atoms with Crippen molar-refractivity contribution in [2.75, 3.05) is 26.2 Å². The van der Waals surface area contributed by atoms with Gasteiger partial charge in [-0.3, -0.25) is 9.69 Å². The van der Waals surface area contributed by atoms with Gasteiger partial charge in [-0.15, -0.1) is 0 Å². The van der Waals surface area contributed by atoms with Gasteiger partial charge in [0.15, 0.2) is 0 Å². The van der Waals surface area contributed by atoms with E-state index in [9.17, 15) is 13.6 Å².